The van der Waals surface area contributed by atoms with Crippen LogP contribution in [0.25, 0.3) is 0 Å². The number of urea groups is 1. The smallest absolute Gasteiger partial charge is 0.396 e. The Hall–Kier alpha value is -3.07. The molecule has 1 atom stereocenters. The van der Waals surface area contributed by atoms with E-state index in [1.54, 1.807) is 18.2 Å². The zero-order valence-electron chi connectivity index (χ0n) is 15.0. The van der Waals surface area contributed by atoms with Gasteiger partial charge in [-0.3, -0.25) is 4.79 Å². The van der Waals surface area contributed by atoms with E-state index in [-0.39, 0.29) is 17.9 Å². The van der Waals surface area contributed by atoms with Gasteiger partial charge in [-0.2, -0.15) is 13.2 Å². The van der Waals surface area contributed by atoms with Crippen LogP contribution in [0.5, 0.6) is 0 Å². The SMILES string of the molecule is CC(=O)Nc1cccc(NC(=O)NC(CCO)c2ccccc2C(F)(F)F)c1. The van der Waals surface area contributed by atoms with Crippen LogP contribution in [0.4, 0.5) is 29.3 Å². The van der Waals surface area contributed by atoms with Crippen LogP contribution in [0.3, 0.4) is 0 Å². The highest BCUT2D eigenvalue weighted by molar-refractivity contribution is 5.92. The first-order valence-corrected chi connectivity index (χ1v) is 8.43. The van der Waals surface area contributed by atoms with Gasteiger partial charge in [-0.15, -0.1) is 0 Å². The summed E-state index contributed by atoms with van der Waals surface area (Å²) >= 11 is 0. The molecule has 28 heavy (non-hydrogen) atoms. The van der Waals surface area contributed by atoms with Gasteiger partial charge in [-0.25, -0.2) is 4.79 Å². The normalized spacial score (nSPS) is 12.2. The molecular formula is C19H20F3N3O3. The molecule has 0 saturated carbocycles. The first-order chi connectivity index (χ1) is 13.2. The minimum atomic E-state index is -4.59. The van der Waals surface area contributed by atoms with E-state index in [0.29, 0.717) is 11.4 Å². The number of carbonyl (C=O) groups excluding carboxylic acids is 2. The maximum Gasteiger partial charge on any atom is 0.416 e. The number of alkyl halides is 3. The van der Waals surface area contributed by atoms with Gasteiger partial charge in [0.15, 0.2) is 0 Å². The summed E-state index contributed by atoms with van der Waals surface area (Å²) in [6.45, 7) is 0.930. The lowest BCUT2D eigenvalue weighted by Crippen LogP contribution is -2.34. The van der Waals surface area contributed by atoms with Crippen LogP contribution >= 0.6 is 0 Å². The average molecular weight is 395 g/mol. The summed E-state index contributed by atoms with van der Waals surface area (Å²) in [5.41, 5.74) is -0.206. The number of anilines is 2. The first kappa shape index (κ1) is 21.2. The van der Waals surface area contributed by atoms with Crippen LogP contribution in [0.15, 0.2) is 48.5 Å². The van der Waals surface area contributed by atoms with Gasteiger partial charge in [0.2, 0.25) is 5.91 Å². The number of hydrogen-bond donors (Lipinski definition) is 4. The molecule has 2 aromatic carbocycles. The van der Waals surface area contributed by atoms with Crippen LogP contribution in [0.1, 0.15) is 30.5 Å². The lowest BCUT2D eigenvalue weighted by Gasteiger charge is -2.22. The number of benzene rings is 2. The first-order valence-electron chi connectivity index (χ1n) is 8.43. The molecule has 0 aliphatic carbocycles. The van der Waals surface area contributed by atoms with Crippen LogP contribution in [0, 0.1) is 0 Å². The van der Waals surface area contributed by atoms with E-state index in [0.717, 1.165) is 6.07 Å². The van der Waals surface area contributed by atoms with E-state index in [2.05, 4.69) is 16.0 Å². The molecule has 0 bridgehead atoms. The molecule has 4 N–H and O–H groups in total. The minimum absolute atomic E-state index is 0.0908. The summed E-state index contributed by atoms with van der Waals surface area (Å²) < 4.78 is 39.8. The molecule has 0 heterocycles. The van der Waals surface area contributed by atoms with E-state index >= 15 is 0 Å². The molecule has 150 valence electrons. The monoisotopic (exact) mass is 395 g/mol. The van der Waals surface area contributed by atoms with Crippen LogP contribution < -0.4 is 16.0 Å². The molecule has 1 unspecified atom stereocenters. The molecule has 0 saturated heterocycles. The Morgan fingerprint density at radius 1 is 1.04 bits per heavy atom. The Balaban J connectivity index is 2.17. The summed E-state index contributed by atoms with van der Waals surface area (Å²) in [5.74, 6) is -0.284. The maximum absolute atomic E-state index is 13.3. The second-order valence-corrected chi connectivity index (χ2v) is 6.01. The summed E-state index contributed by atoms with van der Waals surface area (Å²) in [7, 11) is 0. The molecule has 0 aromatic heterocycles. The number of amides is 3. The van der Waals surface area contributed by atoms with Gasteiger partial charge in [0.05, 0.1) is 11.6 Å². The molecule has 0 aliphatic heterocycles. The number of rotatable bonds is 6. The van der Waals surface area contributed by atoms with Crippen LogP contribution in [0.2, 0.25) is 0 Å². The molecule has 0 fully saturated rings. The largest absolute Gasteiger partial charge is 0.416 e. The second kappa shape index (κ2) is 9.23. The maximum atomic E-state index is 13.3. The standard InChI is InChI=1S/C19H20F3N3O3/c1-12(27)23-13-5-4-6-14(11-13)24-18(28)25-17(9-10-26)15-7-2-3-8-16(15)19(20,21)22/h2-8,11,17,26H,9-10H2,1H3,(H,23,27)(H2,24,25,28). The Morgan fingerprint density at radius 2 is 1.68 bits per heavy atom. The fraction of sp³-hybridized carbons (Fsp3) is 0.263. The van der Waals surface area contributed by atoms with Gasteiger partial charge in [0, 0.05) is 24.9 Å². The fourth-order valence-electron chi connectivity index (χ4n) is 2.70. The van der Waals surface area contributed by atoms with Crippen LogP contribution in [-0.4, -0.2) is 23.7 Å². The zero-order chi connectivity index (χ0) is 20.7. The topological polar surface area (TPSA) is 90.5 Å². The Kier molecular flexibility index (Phi) is 7.00. The lowest BCUT2D eigenvalue weighted by molar-refractivity contribution is -0.138. The molecule has 2 rings (SSSR count). The van der Waals surface area contributed by atoms with Crippen molar-refractivity contribution in [3.8, 4) is 0 Å². The Morgan fingerprint density at radius 3 is 2.29 bits per heavy atom. The molecule has 0 spiro atoms. The fourth-order valence-corrected chi connectivity index (χ4v) is 2.70. The van der Waals surface area contributed by atoms with E-state index in [1.165, 1.54) is 31.2 Å². The van der Waals surface area contributed by atoms with Crippen molar-refractivity contribution in [1.82, 2.24) is 5.32 Å². The third kappa shape index (κ3) is 5.98. The molecule has 3 amide bonds. The predicted molar refractivity (Wildman–Crippen MR) is 98.8 cm³/mol. The van der Waals surface area contributed by atoms with E-state index < -0.39 is 30.4 Å². The average Bonchev–Trinajstić information content (AvgIpc) is 2.60. The van der Waals surface area contributed by atoms with Crippen molar-refractivity contribution in [3.63, 3.8) is 0 Å². The summed E-state index contributed by atoms with van der Waals surface area (Å²) in [4.78, 5) is 23.4. The number of aliphatic hydroxyl groups is 1. The van der Waals surface area contributed by atoms with Crippen molar-refractivity contribution in [2.75, 3.05) is 17.2 Å². The third-order valence-electron chi connectivity index (χ3n) is 3.81. The van der Waals surface area contributed by atoms with E-state index in [1.807, 2.05) is 0 Å². The second-order valence-electron chi connectivity index (χ2n) is 6.01. The number of hydrogen-bond acceptors (Lipinski definition) is 3. The predicted octanol–water partition coefficient (Wildman–Crippen LogP) is 3.91. The van der Waals surface area contributed by atoms with Crippen molar-refractivity contribution in [2.45, 2.75) is 25.6 Å². The van der Waals surface area contributed by atoms with E-state index in [9.17, 15) is 27.9 Å². The highest BCUT2D eigenvalue weighted by Gasteiger charge is 2.35. The molecular weight excluding hydrogens is 375 g/mol. The van der Waals surface area contributed by atoms with Gasteiger partial charge in [-0.05, 0) is 36.2 Å². The number of nitrogens with one attached hydrogen (secondary N) is 3. The summed E-state index contributed by atoms with van der Waals surface area (Å²) in [6.07, 6.45) is -4.68. The summed E-state index contributed by atoms with van der Waals surface area (Å²) in [6, 6.07) is 9.40. The van der Waals surface area contributed by atoms with Crippen molar-refractivity contribution in [1.29, 1.82) is 0 Å². The highest BCUT2D eigenvalue weighted by atomic mass is 19.4. The lowest BCUT2D eigenvalue weighted by atomic mass is 9.98. The van der Waals surface area contributed by atoms with Gasteiger partial charge >= 0.3 is 12.2 Å². The van der Waals surface area contributed by atoms with Gasteiger partial charge in [0.25, 0.3) is 0 Å². The molecule has 6 nitrogen and oxygen atoms in total. The quantitative estimate of drug-likeness (QED) is 0.598. The van der Waals surface area contributed by atoms with Crippen molar-refractivity contribution in [2.24, 2.45) is 0 Å². The van der Waals surface area contributed by atoms with Crippen molar-refractivity contribution in [3.05, 3.63) is 59.7 Å². The Labute approximate surface area is 159 Å². The van der Waals surface area contributed by atoms with Gasteiger partial charge in [-0.1, -0.05) is 24.3 Å². The Bertz CT molecular complexity index is 840. The zero-order valence-corrected chi connectivity index (χ0v) is 15.0. The van der Waals surface area contributed by atoms with E-state index in [4.69, 9.17) is 0 Å². The molecule has 0 radical (unpaired) electrons. The minimum Gasteiger partial charge on any atom is -0.396 e. The molecule has 9 heteroatoms. The molecule has 2 aromatic rings. The number of carbonyl (C=O) groups is 2. The number of halogens is 3. The van der Waals surface area contributed by atoms with Crippen molar-refractivity contribution < 1.29 is 27.9 Å². The van der Waals surface area contributed by atoms with Crippen LogP contribution in [-0.2, 0) is 11.0 Å². The molecule has 0 aliphatic rings. The van der Waals surface area contributed by atoms with Gasteiger partial charge < -0.3 is 21.1 Å². The number of aliphatic hydroxyl groups excluding tert-OH is 1. The third-order valence-corrected chi connectivity index (χ3v) is 3.81. The summed E-state index contributed by atoms with van der Waals surface area (Å²) in [5, 5.41) is 16.7. The van der Waals surface area contributed by atoms with Gasteiger partial charge in [0.1, 0.15) is 0 Å². The highest BCUT2D eigenvalue weighted by Crippen LogP contribution is 2.35. The van der Waals surface area contributed by atoms with Crippen molar-refractivity contribution >= 4 is 23.3 Å².